The molecule has 0 radical (unpaired) electrons. The quantitative estimate of drug-likeness (QED) is 0.570. The lowest BCUT2D eigenvalue weighted by Gasteiger charge is -2.19. The molecule has 0 heterocycles. The van der Waals surface area contributed by atoms with Crippen molar-refractivity contribution in [3.8, 4) is 0 Å². The molecule has 6 heteroatoms. The minimum atomic E-state index is -1.77. The minimum absolute atomic E-state index is 0.271. The summed E-state index contributed by atoms with van der Waals surface area (Å²) in [5.41, 5.74) is -0.512. The van der Waals surface area contributed by atoms with Gasteiger partial charge >= 0.3 is 14.1 Å². The molecule has 0 fully saturated rings. The van der Waals surface area contributed by atoms with Crippen LogP contribution in [0.25, 0.3) is 0 Å². The van der Waals surface area contributed by atoms with Gasteiger partial charge < -0.3 is 10.1 Å². The molecule has 104 valence electrons. The van der Waals surface area contributed by atoms with Crippen LogP contribution in [-0.4, -0.2) is 24.8 Å². The average molecular weight is 276 g/mol. The summed E-state index contributed by atoms with van der Waals surface area (Å²) < 4.78 is 21.4. The second-order valence-electron chi connectivity index (χ2n) is 4.74. The van der Waals surface area contributed by atoms with Crippen LogP contribution in [0.3, 0.4) is 0 Å². The number of carbonyl (C=O) groups is 1. The number of unbranched alkanes of at least 4 members (excludes halogenated alkanes) is 1. The van der Waals surface area contributed by atoms with Crippen molar-refractivity contribution in [1.82, 2.24) is 5.32 Å². The van der Waals surface area contributed by atoms with Gasteiger partial charge in [-0.15, -0.1) is 4.52 Å². The molecular formula is C12H23NO4P+. The number of carbonyl (C=O) groups excluding carboxylic acids is 1. The van der Waals surface area contributed by atoms with Crippen molar-refractivity contribution in [3.05, 3.63) is 11.9 Å². The van der Waals surface area contributed by atoms with Crippen molar-refractivity contribution < 1.29 is 18.6 Å². The van der Waals surface area contributed by atoms with Crippen molar-refractivity contribution in [2.45, 2.75) is 46.1 Å². The predicted molar refractivity (Wildman–Crippen MR) is 71.8 cm³/mol. The summed E-state index contributed by atoms with van der Waals surface area (Å²) >= 11 is 0. The van der Waals surface area contributed by atoms with E-state index in [0.717, 1.165) is 12.8 Å². The Bertz CT molecular complexity index is 297. The van der Waals surface area contributed by atoms with Gasteiger partial charge in [0.05, 0.1) is 0 Å². The van der Waals surface area contributed by atoms with Crippen LogP contribution in [0, 0.1) is 0 Å². The number of alkyl carbamates (subject to hydrolysis) is 1. The Morgan fingerprint density at radius 1 is 1.39 bits per heavy atom. The first kappa shape index (κ1) is 17.1. The first-order valence-electron chi connectivity index (χ1n) is 6.08. The zero-order valence-electron chi connectivity index (χ0n) is 11.6. The largest absolute Gasteiger partial charge is 0.540 e. The maximum absolute atomic E-state index is 11.3. The van der Waals surface area contributed by atoms with Gasteiger partial charge in [0, 0.05) is 6.54 Å². The Morgan fingerprint density at radius 3 is 2.61 bits per heavy atom. The van der Waals surface area contributed by atoms with Crippen LogP contribution in [0.5, 0.6) is 0 Å². The Balaban J connectivity index is 3.70. The molecule has 0 spiro atoms. The average Bonchev–Trinajstić information content (AvgIpc) is 2.22. The van der Waals surface area contributed by atoms with Crippen molar-refractivity contribution in [3.63, 3.8) is 0 Å². The molecule has 0 rings (SSSR count). The molecule has 0 saturated heterocycles. The number of amides is 1. The summed E-state index contributed by atoms with van der Waals surface area (Å²) in [5.74, 6) is 1.45. The Morgan fingerprint density at radius 2 is 2.06 bits per heavy atom. The summed E-state index contributed by atoms with van der Waals surface area (Å²) in [5, 5.41) is 2.53. The molecule has 0 aromatic rings. The van der Waals surface area contributed by atoms with Gasteiger partial charge in [0.25, 0.3) is 0 Å². The van der Waals surface area contributed by atoms with Crippen LogP contribution < -0.4 is 5.32 Å². The van der Waals surface area contributed by atoms with E-state index in [9.17, 15) is 9.36 Å². The van der Waals surface area contributed by atoms with E-state index in [1.165, 1.54) is 5.82 Å². The fourth-order valence-electron chi connectivity index (χ4n) is 0.937. The predicted octanol–water partition coefficient (Wildman–Crippen LogP) is 3.58. The zero-order valence-corrected chi connectivity index (χ0v) is 12.5. The molecule has 0 aromatic carbocycles. The molecule has 18 heavy (non-hydrogen) atoms. The molecule has 1 amide bonds. The van der Waals surface area contributed by atoms with Gasteiger partial charge in [0.15, 0.2) is 5.82 Å². The molecule has 0 aliphatic carbocycles. The highest BCUT2D eigenvalue weighted by Gasteiger charge is 2.15. The standard InChI is InChI=1S/C12H22NO4P/c1-5-6-9-16-18(15)10-7-8-13-11(14)17-12(2,3)4/h7,10H,5-6,8-9H2,1-4H3/p+1/b10-7+. The van der Waals surface area contributed by atoms with Crippen LogP contribution in [0.15, 0.2) is 11.9 Å². The van der Waals surface area contributed by atoms with Gasteiger partial charge in [-0.2, -0.15) is 0 Å². The molecule has 0 aliphatic rings. The van der Waals surface area contributed by atoms with Crippen molar-refractivity contribution in [1.29, 1.82) is 0 Å². The second-order valence-corrected chi connectivity index (χ2v) is 5.87. The molecule has 1 unspecified atom stereocenters. The van der Waals surface area contributed by atoms with E-state index in [0.29, 0.717) is 6.61 Å². The van der Waals surface area contributed by atoms with Gasteiger partial charge in [-0.25, -0.2) is 4.79 Å². The minimum Gasteiger partial charge on any atom is -0.444 e. The van der Waals surface area contributed by atoms with Crippen molar-refractivity contribution in [2.75, 3.05) is 13.2 Å². The molecule has 0 saturated carbocycles. The molecule has 0 aromatic heterocycles. The number of hydrogen-bond donors (Lipinski definition) is 1. The highest BCUT2D eigenvalue weighted by atomic mass is 31.1. The van der Waals surface area contributed by atoms with E-state index in [1.807, 2.05) is 6.92 Å². The molecule has 0 aliphatic heterocycles. The Hall–Kier alpha value is -0.930. The Kier molecular flexibility index (Phi) is 8.59. The number of hydrogen-bond acceptors (Lipinski definition) is 4. The first-order chi connectivity index (χ1) is 8.35. The molecule has 5 nitrogen and oxygen atoms in total. The fourth-order valence-corrected chi connectivity index (χ4v) is 1.61. The van der Waals surface area contributed by atoms with E-state index < -0.39 is 19.7 Å². The zero-order chi connectivity index (χ0) is 14.0. The highest BCUT2D eigenvalue weighted by molar-refractivity contribution is 7.42. The van der Waals surface area contributed by atoms with Gasteiger partial charge in [-0.05, 0) is 37.8 Å². The fraction of sp³-hybridized carbons (Fsp3) is 0.750. The van der Waals surface area contributed by atoms with E-state index in [4.69, 9.17) is 9.26 Å². The van der Waals surface area contributed by atoms with Gasteiger partial charge in [0.2, 0.25) is 0 Å². The van der Waals surface area contributed by atoms with Crippen LogP contribution in [0.4, 0.5) is 4.79 Å². The smallest absolute Gasteiger partial charge is 0.444 e. The third-order valence-corrected chi connectivity index (χ3v) is 2.60. The molecule has 1 N–H and O–H groups in total. The topological polar surface area (TPSA) is 64.6 Å². The van der Waals surface area contributed by atoms with Gasteiger partial charge in [-0.3, -0.25) is 0 Å². The third kappa shape index (κ3) is 11.6. The molecular weight excluding hydrogens is 253 g/mol. The lowest BCUT2D eigenvalue weighted by Crippen LogP contribution is -2.32. The van der Waals surface area contributed by atoms with E-state index in [2.05, 4.69) is 5.32 Å². The SMILES string of the molecule is CCCCO[P+](=O)/C=C/CNC(=O)OC(C)(C)C. The van der Waals surface area contributed by atoms with Gasteiger partial charge in [-0.1, -0.05) is 13.3 Å². The second kappa shape index (κ2) is 9.06. The van der Waals surface area contributed by atoms with E-state index in [-0.39, 0.29) is 6.54 Å². The van der Waals surface area contributed by atoms with Crippen LogP contribution in [0.2, 0.25) is 0 Å². The first-order valence-corrected chi connectivity index (χ1v) is 7.32. The Labute approximate surface area is 110 Å². The lowest BCUT2D eigenvalue weighted by molar-refractivity contribution is 0.0534. The van der Waals surface area contributed by atoms with Crippen molar-refractivity contribution in [2.24, 2.45) is 0 Å². The van der Waals surface area contributed by atoms with Crippen LogP contribution in [0.1, 0.15) is 40.5 Å². The van der Waals surface area contributed by atoms with Crippen molar-refractivity contribution >= 4 is 14.1 Å². The number of rotatable bonds is 7. The summed E-state index contributed by atoms with van der Waals surface area (Å²) in [4.78, 5) is 11.2. The molecule has 1 atom stereocenters. The van der Waals surface area contributed by atoms with E-state index >= 15 is 0 Å². The summed E-state index contributed by atoms with van der Waals surface area (Å²) in [6.45, 7) is 8.18. The summed E-state index contributed by atoms with van der Waals surface area (Å²) in [6, 6.07) is 0. The third-order valence-electron chi connectivity index (χ3n) is 1.71. The van der Waals surface area contributed by atoms with Crippen LogP contribution in [-0.2, 0) is 13.8 Å². The summed E-state index contributed by atoms with van der Waals surface area (Å²) in [6.07, 6.45) is 3.00. The number of nitrogens with one attached hydrogen (secondary N) is 1. The summed E-state index contributed by atoms with van der Waals surface area (Å²) in [7, 11) is -1.77. The normalized spacial score (nSPS) is 12.6. The molecule has 0 bridgehead atoms. The maximum atomic E-state index is 11.3. The highest BCUT2D eigenvalue weighted by Crippen LogP contribution is 2.23. The lowest BCUT2D eigenvalue weighted by atomic mass is 10.2. The van der Waals surface area contributed by atoms with E-state index in [1.54, 1.807) is 26.8 Å². The monoisotopic (exact) mass is 276 g/mol. The number of ether oxygens (including phenoxy) is 1. The maximum Gasteiger partial charge on any atom is 0.540 e. The van der Waals surface area contributed by atoms with Crippen LogP contribution >= 0.6 is 8.03 Å². The van der Waals surface area contributed by atoms with Gasteiger partial charge in [0.1, 0.15) is 12.2 Å².